The molecule has 6 nitrogen and oxygen atoms in total. The minimum Gasteiger partial charge on any atom is -0.296 e. The maximum Gasteiger partial charge on any atom is 0.279 e. The van der Waals surface area contributed by atoms with Crippen molar-refractivity contribution in [3.63, 3.8) is 0 Å². The van der Waals surface area contributed by atoms with Gasteiger partial charge in [0.05, 0.1) is 17.6 Å². The third-order valence-electron chi connectivity index (χ3n) is 3.51. The Bertz CT molecular complexity index is 995. The van der Waals surface area contributed by atoms with Gasteiger partial charge in [-0.25, -0.2) is 4.98 Å². The molecule has 1 N–H and O–H groups in total. The minimum atomic E-state index is -0.337. The van der Waals surface area contributed by atoms with Gasteiger partial charge in [0, 0.05) is 10.9 Å². The van der Waals surface area contributed by atoms with Crippen molar-refractivity contribution < 1.29 is 4.79 Å². The van der Waals surface area contributed by atoms with Crippen molar-refractivity contribution in [3.05, 3.63) is 77.9 Å². The number of nitrogens with zero attached hydrogens (tertiary/aromatic N) is 4. The van der Waals surface area contributed by atoms with Crippen molar-refractivity contribution in [3.8, 4) is 16.9 Å². The molecule has 4 aromatic rings. The van der Waals surface area contributed by atoms with E-state index < -0.39 is 0 Å². The normalized spacial score (nSPS) is 10.6. The highest BCUT2D eigenvalue weighted by Crippen LogP contribution is 2.24. The summed E-state index contributed by atoms with van der Waals surface area (Å²) in [5.41, 5.74) is 2.87. The zero-order valence-corrected chi connectivity index (χ0v) is 13.9. The molecule has 0 saturated heterocycles. The van der Waals surface area contributed by atoms with Crippen molar-refractivity contribution in [2.45, 2.75) is 0 Å². The summed E-state index contributed by atoms with van der Waals surface area (Å²) in [4.78, 5) is 18.2. The molecule has 0 saturated carbocycles. The highest BCUT2D eigenvalue weighted by Gasteiger charge is 2.14. The Morgan fingerprint density at radius 3 is 2.48 bits per heavy atom. The Hall–Kier alpha value is -3.32. The molecule has 0 aliphatic carbocycles. The van der Waals surface area contributed by atoms with Crippen LogP contribution in [0.2, 0.25) is 0 Å². The van der Waals surface area contributed by atoms with Crippen molar-refractivity contribution in [2.24, 2.45) is 0 Å². The molecule has 0 unspecified atom stereocenters. The van der Waals surface area contributed by atoms with E-state index in [2.05, 4.69) is 20.5 Å². The molecule has 0 atom stereocenters. The molecule has 0 bridgehead atoms. The van der Waals surface area contributed by atoms with E-state index in [1.807, 2.05) is 66.0 Å². The van der Waals surface area contributed by atoms with Gasteiger partial charge in [0.2, 0.25) is 0 Å². The van der Waals surface area contributed by atoms with Crippen LogP contribution in [0.4, 0.5) is 5.13 Å². The molecule has 1 amide bonds. The number of carbonyl (C=O) groups excluding carboxylic acids is 1. The van der Waals surface area contributed by atoms with E-state index in [0.717, 1.165) is 16.9 Å². The van der Waals surface area contributed by atoms with Crippen LogP contribution in [0.25, 0.3) is 16.9 Å². The summed E-state index contributed by atoms with van der Waals surface area (Å²) >= 11 is 1.37. The smallest absolute Gasteiger partial charge is 0.279 e. The van der Waals surface area contributed by atoms with Crippen LogP contribution < -0.4 is 5.32 Å². The van der Waals surface area contributed by atoms with E-state index in [4.69, 9.17) is 0 Å². The van der Waals surface area contributed by atoms with Gasteiger partial charge in [-0.3, -0.25) is 10.1 Å². The summed E-state index contributed by atoms with van der Waals surface area (Å²) in [6.45, 7) is 0. The molecule has 2 aromatic carbocycles. The molecule has 0 radical (unpaired) electrons. The lowest BCUT2D eigenvalue weighted by Gasteiger charge is -1.99. The number of hydrogen-bond acceptors (Lipinski definition) is 5. The maximum atomic E-state index is 12.3. The van der Waals surface area contributed by atoms with Crippen LogP contribution in [0.15, 0.2) is 72.2 Å². The summed E-state index contributed by atoms with van der Waals surface area (Å²) in [5.74, 6) is -0.337. The van der Waals surface area contributed by atoms with E-state index >= 15 is 0 Å². The van der Waals surface area contributed by atoms with Crippen LogP contribution in [-0.4, -0.2) is 25.9 Å². The van der Waals surface area contributed by atoms with Gasteiger partial charge in [0.25, 0.3) is 5.91 Å². The molecule has 0 aliphatic heterocycles. The fraction of sp³-hybridized carbons (Fsp3) is 0. The number of thiazole rings is 1. The van der Waals surface area contributed by atoms with Gasteiger partial charge >= 0.3 is 0 Å². The van der Waals surface area contributed by atoms with Gasteiger partial charge in [-0.2, -0.15) is 9.90 Å². The Labute approximate surface area is 147 Å². The molecular formula is C18H13N5OS. The number of hydrogen-bond donors (Lipinski definition) is 1. The van der Waals surface area contributed by atoms with Crippen LogP contribution in [-0.2, 0) is 0 Å². The zero-order chi connectivity index (χ0) is 17.1. The maximum absolute atomic E-state index is 12.3. The van der Waals surface area contributed by atoms with Crippen molar-refractivity contribution >= 4 is 22.4 Å². The second-order valence-corrected chi connectivity index (χ2v) is 6.07. The highest BCUT2D eigenvalue weighted by atomic mass is 32.1. The number of nitrogens with one attached hydrogen (secondary N) is 1. The number of aromatic nitrogens is 4. The van der Waals surface area contributed by atoms with Gasteiger partial charge in [0.1, 0.15) is 0 Å². The lowest BCUT2D eigenvalue weighted by Crippen LogP contribution is -2.13. The minimum absolute atomic E-state index is 0.236. The lowest BCUT2D eigenvalue weighted by molar-refractivity contribution is 0.102. The fourth-order valence-electron chi connectivity index (χ4n) is 2.29. The largest absolute Gasteiger partial charge is 0.296 e. The number of amides is 1. The van der Waals surface area contributed by atoms with Crippen LogP contribution in [0.1, 0.15) is 10.5 Å². The molecule has 4 rings (SSSR count). The topological polar surface area (TPSA) is 72.7 Å². The standard InChI is InChI=1S/C18H13N5OS/c24-17(15-11-19-23(22-15)14-9-5-2-6-10-14)21-18-20-16(12-25-18)13-7-3-1-4-8-13/h1-12H,(H,20,21,24). The van der Waals surface area contributed by atoms with E-state index in [0.29, 0.717) is 5.13 Å². The summed E-state index contributed by atoms with van der Waals surface area (Å²) in [6.07, 6.45) is 1.44. The predicted octanol–water partition coefficient (Wildman–Crippen LogP) is 3.64. The lowest BCUT2D eigenvalue weighted by atomic mass is 10.2. The van der Waals surface area contributed by atoms with Gasteiger partial charge in [-0.15, -0.1) is 16.4 Å². The summed E-state index contributed by atoms with van der Waals surface area (Å²) in [7, 11) is 0. The van der Waals surface area contributed by atoms with Crippen LogP contribution in [0.3, 0.4) is 0 Å². The van der Waals surface area contributed by atoms with E-state index in [9.17, 15) is 4.79 Å². The molecule has 0 aliphatic rings. The Morgan fingerprint density at radius 1 is 1.00 bits per heavy atom. The number of anilines is 1. The van der Waals surface area contributed by atoms with Crippen molar-refractivity contribution in [2.75, 3.05) is 5.32 Å². The molecule has 7 heteroatoms. The van der Waals surface area contributed by atoms with Crippen LogP contribution >= 0.6 is 11.3 Å². The molecule has 2 heterocycles. The Morgan fingerprint density at radius 2 is 1.72 bits per heavy atom. The van der Waals surface area contributed by atoms with Gasteiger partial charge in [-0.1, -0.05) is 48.5 Å². The average Bonchev–Trinajstić information content (AvgIpc) is 3.33. The number of para-hydroxylation sites is 1. The van der Waals surface area contributed by atoms with Crippen LogP contribution in [0.5, 0.6) is 0 Å². The Balaban J connectivity index is 1.50. The van der Waals surface area contributed by atoms with E-state index in [1.54, 1.807) is 0 Å². The third kappa shape index (κ3) is 3.31. The third-order valence-corrected chi connectivity index (χ3v) is 4.26. The van der Waals surface area contributed by atoms with E-state index in [1.165, 1.54) is 22.3 Å². The second kappa shape index (κ2) is 6.66. The molecular weight excluding hydrogens is 334 g/mol. The number of rotatable bonds is 4. The zero-order valence-electron chi connectivity index (χ0n) is 13.0. The van der Waals surface area contributed by atoms with Crippen LogP contribution in [0, 0.1) is 0 Å². The van der Waals surface area contributed by atoms with Gasteiger partial charge in [-0.05, 0) is 12.1 Å². The first kappa shape index (κ1) is 15.2. The monoisotopic (exact) mass is 347 g/mol. The summed E-state index contributed by atoms with van der Waals surface area (Å²) < 4.78 is 0. The highest BCUT2D eigenvalue weighted by molar-refractivity contribution is 7.14. The van der Waals surface area contributed by atoms with Gasteiger partial charge in [0.15, 0.2) is 10.8 Å². The fourth-order valence-corrected chi connectivity index (χ4v) is 3.00. The first-order chi connectivity index (χ1) is 12.3. The molecule has 0 spiro atoms. The predicted molar refractivity (Wildman–Crippen MR) is 96.9 cm³/mol. The first-order valence-electron chi connectivity index (χ1n) is 7.60. The van der Waals surface area contributed by atoms with Crippen molar-refractivity contribution in [1.82, 2.24) is 20.0 Å². The molecule has 122 valence electrons. The molecule has 25 heavy (non-hydrogen) atoms. The SMILES string of the molecule is O=C(Nc1nc(-c2ccccc2)cs1)c1cnn(-c2ccccc2)n1. The summed E-state index contributed by atoms with van der Waals surface area (Å²) in [6, 6.07) is 19.2. The second-order valence-electron chi connectivity index (χ2n) is 5.21. The number of carbonyl (C=O) groups is 1. The summed E-state index contributed by atoms with van der Waals surface area (Å²) in [5, 5.41) is 13.5. The Kier molecular flexibility index (Phi) is 4.05. The number of benzene rings is 2. The molecule has 0 fully saturated rings. The van der Waals surface area contributed by atoms with Crippen molar-refractivity contribution in [1.29, 1.82) is 0 Å². The quantitative estimate of drug-likeness (QED) is 0.612. The molecule has 2 aromatic heterocycles. The first-order valence-corrected chi connectivity index (χ1v) is 8.47. The average molecular weight is 347 g/mol. The van der Waals surface area contributed by atoms with E-state index in [-0.39, 0.29) is 11.6 Å². The van der Waals surface area contributed by atoms with Gasteiger partial charge < -0.3 is 0 Å².